The van der Waals surface area contributed by atoms with Gasteiger partial charge < -0.3 is 4.74 Å². The van der Waals surface area contributed by atoms with E-state index >= 15 is 0 Å². The third-order valence-electron chi connectivity index (χ3n) is 4.31. The van der Waals surface area contributed by atoms with Crippen molar-refractivity contribution in [2.24, 2.45) is 0 Å². The Bertz CT molecular complexity index is 883. The molecule has 0 N–H and O–H groups in total. The lowest BCUT2D eigenvalue weighted by atomic mass is 10.1. The summed E-state index contributed by atoms with van der Waals surface area (Å²) in [5.41, 5.74) is 1.56. The van der Waals surface area contributed by atoms with Gasteiger partial charge in [0.1, 0.15) is 23.8 Å². The van der Waals surface area contributed by atoms with Crippen LogP contribution in [0.2, 0.25) is 0 Å². The summed E-state index contributed by atoms with van der Waals surface area (Å²) >= 11 is 0. The molecule has 0 bridgehead atoms. The van der Waals surface area contributed by atoms with Crippen molar-refractivity contribution >= 4 is 11.2 Å². The molecule has 1 aliphatic rings. The van der Waals surface area contributed by atoms with Gasteiger partial charge in [0.15, 0.2) is 5.65 Å². The van der Waals surface area contributed by atoms with Crippen molar-refractivity contribution in [3.63, 3.8) is 0 Å². The van der Waals surface area contributed by atoms with Crippen LogP contribution in [-0.2, 0) is 10.9 Å². The highest BCUT2D eigenvalue weighted by molar-refractivity contribution is 5.87. The Kier molecular flexibility index (Phi) is 3.91. The molecular formula is C17H15F3N4O. The number of nitrogens with zero attached hydrogens (tertiary/aromatic N) is 4. The van der Waals surface area contributed by atoms with Crippen LogP contribution in [0.25, 0.3) is 22.4 Å². The number of hydrogen-bond donors (Lipinski definition) is 0. The lowest BCUT2D eigenvalue weighted by molar-refractivity contribution is -0.137. The van der Waals surface area contributed by atoms with E-state index in [4.69, 9.17) is 4.74 Å². The Balaban J connectivity index is 1.74. The Morgan fingerprint density at radius 3 is 2.52 bits per heavy atom. The second-order valence-electron chi connectivity index (χ2n) is 5.94. The Morgan fingerprint density at radius 2 is 1.84 bits per heavy atom. The van der Waals surface area contributed by atoms with Gasteiger partial charge in [-0.05, 0) is 31.4 Å². The zero-order chi connectivity index (χ0) is 17.4. The first-order chi connectivity index (χ1) is 12.0. The van der Waals surface area contributed by atoms with Crippen molar-refractivity contribution in [1.82, 2.24) is 19.5 Å². The fraction of sp³-hybridized carbons (Fsp3) is 0.353. The van der Waals surface area contributed by atoms with Gasteiger partial charge in [-0.1, -0.05) is 12.1 Å². The number of imidazole rings is 1. The molecule has 0 saturated carbocycles. The van der Waals surface area contributed by atoms with E-state index in [-0.39, 0.29) is 6.23 Å². The third-order valence-corrected chi connectivity index (χ3v) is 4.31. The summed E-state index contributed by atoms with van der Waals surface area (Å²) in [7, 11) is 0. The molecule has 2 aromatic heterocycles. The normalized spacial score (nSPS) is 18.6. The molecule has 3 heterocycles. The van der Waals surface area contributed by atoms with E-state index in [1.165, 1.54) is 18.5 Å². The van der Waals surface area contributed by atoms with Gasteiger partial charge in [-0.15, -0.1) is 0 Å². The number of halogens is 3. The van der Waals surface area contributed by atoms with E-state index in [9.17, 15) is 13.2 Å². The number of benzene rings is 1. The van der Waals surface area contributed by atoms with E-state index in [1.807, 2.05) is 4.57 Å². The van der Waals surface area contributed by atoms with E-state index in [2.05, 4.69) is 15.0 Å². The van der Waals surface area contributed by atoms with Crippen LogP contribution < -0.4 is 0 Å². The van der Waals surface area contributed by atoms with Crippen molar-refractivity contribution in [3.05, 3.63) is 42.5 Å². The van der Waals surface area contributed by atoms with E-state index in [0.29, 0.717) is 29.0 Å². The van der Waals surface area contributed by atoms with Gasteiger partial charge in [0, 0.05) is 12.2 Å². The summed E-state index contributed by atoms with van der Waals surface area (Å²) in [6, 6.07) is 4.90. The number of hydrogen-bond acceptors (Lipinski definition) is 4. The molecule has 1 fully saturated rings. The largest absolute Gasteiger partial charge is 0.416 e. The molecule has 1 atom stereocenters. The van der Waals surface area contributed by atoms with Crippen LogP contribution in [-0.4, -0.2) is 26.1 Å². The molecule has 1 aliphatic heterocycles. The summed E-state index contributed by atoms with van der Waals surface area (Å²) in [4.78, 5) is 12.9. The van der Waals surface area contributed by atoms with Crippen LogP contribution in [0.4, 0.5) is 13.2 Å². The van der Waals surface area contributed by atoms with Gasteiger partial charge >= 0.3 is 6.18 Å². The smallest absolute Gasteiger partial charge is 0.358 e. The molecule has 1 saturated heterocycles. The van der Waals surface area contributed by atoms with E-state index in [1.54, 1.807) is 6.33 Å². The van der Waals surface area contributed by atoms with Crippen LogP contribution in [0.5, 0.6) is 0 Å². The summed E-state index contributed by atoms with van der Waals surface area (Å²) < 4.78 is 45.8. The summed E-state index contributed by atoms with van der Waals surface area (Å²) in [6.07, 6.45) is 1.56. The second-order valence-corrected chi connectivity index (χ2v) is 5.94. The van der Waals surface area contributed by atoms with Crippen LogP contribution in [0, 0.1) is 0 Å². The number of aromatic nitrogens is 4. The Morgan fingerprint density at radius 1 is 1.04 bits per heavy atom. The summed E-state index contributed by atoms with van der Waals surface area (Å²) in [5, 5.41) is 0. The van der Waals surface area contributed by atoms with Gasteiger partial charge in [0.25, 0.3) is 0 Å². The lowest BCUT2D eigenvalue weighted by Gasteiger charge is -2.23. The molecule has 1 unspecified atom stereocenters. The fourth-order valence-electron chi connectivity index (χ4n) is 3.03. The molecule has 130 valence electrons. The minimum Gasteiger partial charge on any atom is -0.358 e. The molecular weight excluding hydrogens is 333 g/mol. The third kappa shape index (κ3) is 2.97. The topological polar surface area (TPSA) is 52.8 Å². The maximum Gasteiger partial charge on any atom is 0.416 e. The minimum absolute atomic E-state index is 0.117. The average Bonchev–Trinajstić information content (AvgIpc) is 3.06. The number of fused-ring (bicyclic) bond motifs is 1. The maximum absolute atomic E-state index is 12.7. The summed E-state index contributed by atoms with van der Waals surface area (Å²) in [6.45, 7) is 0.696. The maximum atomic E-state index is 12.7. The molecule has 0 radical (unpaired) electrons. The Hall–Kier alpha value is -2.48. The molecule has 1 aromatic carbocycles. The predicted octanol–water partition coefficient (Wildman–Crippen LogP) is 4.21. The van der Waals surface area contributed by atoms with E-state index in [0.717, 1.165) is 31.4 Å². The van der Waals surface area contributed by atoms with E-state index < -0.39 is 11.7 Å². The van der Waals surface area contributed by atoms with Crippen molar-refractivity contribution in [3.8, 4) is 11.3 Å². The van der Waals surface area contributed by atoms with Crippen LogP contribution >= 0.6 is 0 Å². The van der Waals surface area contributed by atoms with Crippen molar-refractivity contribution in [1.29, 1.82) is 0 Å². The number of rotatable bonds is 2. The van der Waals surface area contributed by atoms with Gasteiger partial charge in [-0.3, -0.25) is 4.57 Å². The molecule has 0 amide bonds. The highest BCUT2D eigenvalue weighted by atomic mass is 19.4. The first-order valence-corrected chi connectivity index (χ1v) is 8.01. The predicted molar refractivity (Wildman–Crippen MR) is 84.6 cm³/mol. The minimum atomic E-state index is -4.36. The Labute approximate surface area is 141 Å². The standard InChI is InChI=1S/C17H15F3N4O/c18-17(19,20)12-6-4-11(5-7-12)14-15-16(22-9-21-14)24(10-23-15)13-3-1-2-8-25-13/h4-7,9-10,13H,1-3,8H2. The molecule has 8 heteroatoms. The van der Waals surface area contributed by atoms with Crippen LogP contribution in [0.3, 0.4) is 0 Å². The van der Waals surface area contributed by atoms with Crippen molar-refractivity contribution < 1.29 is 17.9 Å². The molecule has 5 nitrogen and oxygen atoms in total. The van der Waals surface area contributed by atoms with Gasteiger partial charge in [-0.25, -0.2) is 15.0 Å². The molecule has 25 heavy (non-hydrogen) atoms. The first-order valence-electron chi connectivity index (χ1n) is 8.01. The van der Waals surface area contributed by atoms with Crippen LogP contribution in [0.15, 0.2) is 36.9 Å². The number of alkyl halides is 3. The van der Waals surface area contributed by atoms with Gasteiger partial charge in [-0.2, -0.15) is 13.2 Å². The highest BCUT2D eigenvalue weighted by Gasteiger charge is 2.30. The van der Waals surface area contributed by atoms with Gasteiger partial charge in [0.05, 0.1) is 11.9 Å². The lowest BCUT2D eigenvalue weighted by Crippen LogP contribution is -2.17. The van der Waals surface area contributed by atoms with Crippen molar-refractivity contribution in [2.45, 2.75) is 31.7 Å². The second kappa shape index (κ2) is 6.11. The zero-order valence-electron chi connectivity index (χ0n) is 13.2. The summed E-state index contributed by atoms with van der Waals surface area (Å²) in [5.74, 6) is 0. The van der Waals surface area contributed by atoms with Gasteiger partial charge in [0.2, 0.25) is 0 Å². The highest BCUT2D eigenvalue weighted by Crippen LogP contribution is 2.32. The number of ether oxygens (including phenoxy) is 1. The fourth-order valence-corrected chi connectivity index (χ4v) is 3.03. The molecule has 0 aliphatic carbocycles. The van der Waals surface area contributed by atoms with Crippen molar-refractivity contribution in [2.75, 3.05) is 6.61 Å². The molecule has 0 spiro atoms. The quantitative estimate of drug-likeness (QED) is 0.696. The monoisotopic (exact) mass is 348 g/mol. The van der Waals surface area contributed by atoms with Crippen LogP contribution in [0.1, 0.15) is 31.1 Å². The molecule has 4 rings (SSSR count). The zero-order valence-corrected chi connectivity index (χ0v) is 13.2. The average molecular weight is 348 g/mol. The molecule has 3 aromatic rings. The first kappa shape index (κ1) is 16.0. The SMILES string of the molecule is FC(F)(F)c1ccc(-c2ncnc3c2ncn3C2CCCCO2)cc1.